The third-order valence-corrected chi connectivity index (χ3v) is 3.35. The van der Waals surface area contributed by atoms with E-state index in [1.54, 1.807) is 24.3 Å². The molecule has 0 aliphatic carbocycles. The van der Waals surface area contributed by atoms with E-state index in [1.807, 2.05) is 19.1 Å². The van der Waals surface area contributed by atoms with Gasteiger partial charge in [-0.3, -0.25) is 4.79 Å². The highest BCUT2D eigenvalue weighted by molar-refractivity contribution is 5.94. The van der Waals surface area contributed by atoms with E-state index in [0.717, 1.165) is 5.56 Å². The minimum Gasteiger partial charge on any atom is -0.508 e. The third kappa shape index (κ3) is 3.09. The minimum absolute atomic E-state index is 0.117. The van der Waals surface area contributed by atoms with Gasteiger partial charge in [0.1, 0.15) is 11.3 Å². The summed E-state index contributed by atoms with van der Waals surface area (Å²) in [6, 6.07) is 12.2. The van der Waals surface area contributed by atoms with E-state index >= 15 is 0 Å². The van der Waals surface area contributed by atoms with Crippen LogP contribution in [0.4, 0.5) is 0 Å². The smallest absolute Gasteiger partial charge is 0.251 e. The lowest BCUT2D eigenvalue weighted by Crippen LogP contribution is -2.25. The van der Waals surface area contributed by atoms with Gasteiger partial charge in [0.25, 0.3) is 5.91 Å². The minimum atomic E-state index is -0.117. The third-order valence-electron chi connectivity index (χ3n) is 3.35. The molecule has 0 spiro atoms. The number of carbonyl (C=O) groups is 1. The molecule has 0 saturated heterocycles. The Labute approximate surface area is 127 Å². The maximum absolute atomic E-state index is 12.0. The average molecular weight is 296 g/mol. The number of nitrogens with zero attached hydrogens (tertiary/aromatic N) is 1. The van der Waals surface area contributed by atoms with Crippen molar-refractivity contribution in [3.63, 3.8) is 0 Å². The van der Waals surface area contributed by atoms with Gasteiger partial charge in [-0.15, -0.1) is 0 Å². The van der Waals surface area contributed by atoms with Gasteiger partial charge in [0, 0.05) is 24.6 Å². The number of carbonyl (C=O) groups excluding carboxylic acids is 1. The van der Waals surface area contributed by atoms with Crippen LogP contribution in [0.2, 0.25) is 0 Å². The van der Waals surface area contributed by atoms with Gasteiger partial charge in [-0.1, -0.05) is 17.7 Å². The Morgan fingerprint density at radius 3 is 2.77 bits per heavy atom. The van der Waals surface area contributed by atoms with E-state index < -0.39 is 0 Å². The number of nitrogens with one attached hydrogen (secondary N) is 1. The zero-order chi connectivity index (χ0) is 15.5. The lowest BCUT2D eigenvalue weighted by Gasteiger charge is -2.03. The molecule has 0 aliphatic rings. The van der Waals surface area contributed by atoms with Gasteiger partial charge < -0.3 is 14.8 Å². The molecule has 2 N–H and O–H groups in total. The average Bonchev–Trinajstić information content (AvgIpc) is 2.89. The summed E-state index contributed by atoms with van der Waals surface area (Å²) in [6.45, 7) is 2.41. The number of fused-ring (bicyclic) bond motifs is 1. The zero-order valence-corrected chi connectivity index (χ0v) is 12.2. The predicted molar refractivity (Wildman–Crippen MR) is 82.9 cm³/mol. The summed E-state index contributed by atoms with van der Waals surface area (Å²) in [5.74, 6) is 0.557. The van der Waals surface area contributed by atoms with Crippen LogP contribution in [0.15, 0.2) is 46.9 Å². The van der Waals surface area contributed by atoms with Crippen LogP contribution in [0, 0.1) is 6.92 Å². The van der Waals surface area contributed by atoms with Crippen LogP contribution in [0.25, 0.3) is 11.1 Å². The molecule has 5 nitrogen and oxygen atoms in total. The second-order valence-electron chi connectivity index (χ2n) is 5.13. The molecular formula is C17H16N2O3. The Kier molecular flexibility index (Phi) is 3.78. The molecule has 3 aromatic rings. The number of hydrogen-bond donors (Lipinski definition) is 2. The van der Waals surface area contributed by atoms with Crippen molar-refractivity contribution in [3.05, 3.63) is 59.5 Å². The van der Waals surface area contributed by atoms with Crippen LogP contribution < -0.4 is 5.32 Å². The number of amides is 1. The Hall–Kier alpha value is -2.82. The predicted octanol–water partition coefficient (Wildman–Crippen LogP) is 2.81. The highest BCUT2D eigenvalue weighted by Crippen LogP contribution is 2.20. The van der Waals surface area contributed by atoms with Crippen molar-refractivity contribution in [2.75, 3.05) is 6.54 Å². The van der Waals surface area contributed by atoms with Crippen LogP contribution in [-0.4, -0.2) is 22.5 Å². The van der Waals surface area contributed by atoms with Gasteiger partial charge in [0.2, 0.25) is 0 Å². The summed E-state index contributed by atoms with van der Waals surface area (Å²) in [6.07, 6.45) is 0.493. The fourth-order valence-corrected chi connectivity index (χ4v) is 2.16. The Morgan fingerprint density at radius 2 is 2.00 bits per heavy atom. The Bertz CT molecular complexity index is 806. The summed E-state index contributed by atoms with van der Waals surface area (Å²) < 4.78 is 5.53. The van der Waals surface area contributed by atoms with Crippen molar-refractivity contribution in [1.82, 2.24) is 10.3 Å². The van der Waals surface area contributed by atoms with Gasteiger partial charge in [-0.2, -0.15) is 0 Å². The number of phenols is 1. The molecule has 1 aromatic heterocycles. The van der Waals surface area contributed by atoms with Crippen LogP contribution in [0.5, 0.6) is 5.75 Å². The zero-order valence-electron chi connectivity index (χ0n) is 12.2. The molecule has 1 heterocycles. The topological polar surface area (TPSA) is 75.4 Å². The first-order valence-corrected chi connectivity index (χ1v) is 7.05. The molecule has 0 unspecified atom stereocenters. The molecule has 0 saturated carbocycles. The normalized spacial score (nSPS) is 10.8. The lowest BCUT2D eigenvalue weighted by atomic mass is 10.1. The molecule has 3 rings (SSSR count). The van der Waals surface area contributed by atoms with E-state index in [2.05, 4.69) is 10.3 Å². The number of rotatable bonds is 4. The first-order chi connectivity index (χ1) is 10.6. The van der Waals surface area contributed by atoms with Gasteiger partial charge in [0.05, 0.1) is 0 Å². The summed E-state index contributed by atoms with van der Waals surface area (Å²) in [5.41, 5.74) is 2.98. The molecule has 0 fully saturated rings. The van der Waals surface area contributed by atoms with E-state index in [0.29, 0.717) is 35.5 Å². The highest BCUT2D eigenvalue weighted by Gasteiger charge is 2.08. The lowest BCUT2D eigenvalue weighted by molar-refractivity contribution is 0.0953. The number of oxazole rings is 1. The number of aromatic nitrogens is 1. The first-order valence-electron chi connectivity index (χ1n) is 7.05. The van der Waals surface area contributed by atoms with E-state index in [9.17, 15) is 9.90 Å². The van der Waals surface area contributed by atoms with Crippen LogP contribution in [-0.2, 0) is 6.42 Å². The summed E-state index contributed by atoms with van der Waals surface area (Å²) in [7, 11) is 0. The first kappa shape index (κ1) is 14.1. The summed E-state index contributed by atoms with van der Waals surface area (Å²) in [4.78, 5) is 16.3. The van der Waals surface area contributed by atoms with Crippen molar-refractivity contribution in [1.29, 1.82) is 0 Å². The quantitative estimate of drug-likeness (QED) is 0.776. The Balaban J connectivity index is 1.59. The molecule has 1 amide bonds. The fraction of sp³-hybridized carbons (Fsp3) is 0.176. The molecule has 0 atom stereocenters. The van der Waals surface area contributed by atoms with E-state index in [4.69, 9.17) is 4.42 Å². The second-order valence-corrected chi connectivity index (χ2v) is 5.13. The number of aryl methyl sites for hydroxylation is 1. The summed E-state index contributed by atoms with van der Waals surface area (Å²) >= 11 is 0. The number of benzene rings is 2. The maximum atomic E-state index is 12.0. The van der Waals surface area contributed by atoms with Gasteiger partial charge in [0.15, 0.2) is 11.5 Å². The van der Waals surface area contributed by atoms with Crippen molar-refractivity contribution in [3.8, 4) is 5.75 Å². The molecule has 22 heavy (non-hydrogen) atoms. The molecule has 0 radical (unpaired) electrons. The van der Waals surface area contributed by atoms with Crippen LogP contribution in [0.1, 0.15) is 21.8 Å². The maximum Gasteiger partial charge on any atom is 0.251 e. The highest BCUT2D eigenvalue weighted by atomic mass is 16.3. The van der Waals surface area contributed by atoms with Crippen molar-refractivity contribution in [2.24, 2.45) is 0 Å². The number of aromatic hydroxyl groups is 1. The molecule has 112 valence electrons. The van der Waals surface area contributed by atoms with E-state index in [-0.39, 0.29) is 11.7 Å². The molecule has 0 aliphatic heterocycles. The molecule has 2 aromatic carbocycles. The number of hydrogen-bond acceptors (Lipinski definition) is 4. The van der Waals surface area contributed by atoms with Crippen LogP contribution >= 0.6 is 0 Å². The van der Waals surface area contributed by atoms with Crippen molar-refractivity contribution >= 4 is 17.0 Å². The molecule has 0 bridgehead atoms. The van der Waals surface area contributed by atoms with Gasteiger partial charge in [-0.25, -0.2) is 4.98 Å². The molecule has 5 heteroatoms. The second kappa shape index (κ2) is 5.89. The SMILES string of the molecule is Cc1ccc(C(=O)NCCc2nc3ccc(O)cc3o2)cc1. The monoisotopic (exact) mass is 296 g/mol. The standard InChI is InChI=1S/C17H16N2O3/c1-11-2-4-12(5-3-11)17(21)18-9-8-16-19-14-7-6-13(20)10-15(14)22-16/h2-7,10,20H,8-9H2,1H3,(H,18,21). The van der Waals surface area contributed by atoms with Gasteiger partial charge >= 0.3 is 0 Å². The van der Waals surface area contributed by atoms with E-state index in [1.165, 1.54) is 6.07 Å². The van der Waals surface area contributed by atoms with Gasteiger partial charge in [-0.05, 0) is 31.2 Å². The number of phenolic OH excluding ortho intramolecular Hbond substituents is 1. The Morgan fingerprint density at radius 1 is 1.23 bits per heavy atom. The fourth-order valence-electron chi connectivity index (χ4n) is 2.16. The van der Waals surface area contributed by atoms with Crippen molar-refractivity contribution < 1.29 is 14.3 Å². The largest absolute Gasteiger partial charge is 0.508 e. The van der Waals surface area contributed by atoms with Crippen LogP contribution in [0.3, 0.4) is 0 Å². The molecular weight excluding hydrogens is 280 g/mol. The summed E-state index contributed by atoms with van der Waals surface area (Å²) in [5, 5.41) is 12.2. The van der Waals surface area contributed by atoms with Crippen molar-refractivity contribution in [2.45, 2.75) is 13.3 Å².